The SMILES string of the molecule is COCCOCOC(/C=C/CCC(=O)N(C)C)=C(F)F. The fraction of sp³-hybridized carbons (Fsp3) is 0.615. The van der Waals surface area contributed by atoms with Crippen LogP contribution in [0.5, 0.6) is 0 Å². The first-order valence-corrected chi connectivity index (χ1v) is 6.10. The van der Waals surface area contributed by atoms with Crippen LogP contribution in [0.3, 0.4) is 0 Å². The van der Waals surface area contributed by atoms with Crippen molar-refractivity contribution in [3.05, 3.63) is 24.0 Å². The van der Waals surface area contributed by atoms with E-state index in [2.05, 4.69) is 0 Å². The molecule has 0 radical (unpaired) electrons. The van der Waals surface area contributed by atoms with Gasteiger partial charge in [0.05, 0.1) is 13.2 Å². The van der Waals surface area contributed by atoms with Crippen LogP contribution in [0.25, 0.3) is 0 Å². The lowest BCUT2D eigenvalue weighted by Crippen LogP contribution is -2.20. The number of nitrogens with zero attached hydrogens (tertiary/aromatic N) is 1. The standard InChI is InChI=1S/C13H21F2NO4/c1-16(2)12(17)7-5-4-6-11(13(14)15)20-10-19-9-8-18-3/h4,6H,5,7-10H2,1-3H3/b6-4+. The van der Waals surface area contributed by atoms with Crippen molar-refractivity contribution in [2.75, 3.05) is 41.2 Å². The van der Waals surface area contributed by atoms with E-state index in [1.165, 1.54) is 18.1 Å². The third-order valence-electron chi connectivity index (χ3n) is 2.21. The summed E-state index contributed by atoms with van der Waals surface area (Å²) in [4.78, 5) is 12.7. The predicted octanol–water partition coefficient (Wildman–Crippen LogP) is 2.16. The van der Waals surface area contributed by atoms with E-state index in [9.17, 15) is 13.6 Å². The van der Waals surface area contributed by atoms with Crippen molar-refractivity contribution in [2.45, 2.75) is 12.8 Å². The maximum atomic E-state index is 12.5. The first kappa shape index (κ1) is 18.5. The lowest BCUT2D eigenvalue weighted by atomic mass is 10.2. The fourth-order valence-electron chi connectivity index (χ4n) is 1.09. The zero-order valence-corrected chi connectivity index (χ0v) is 12.0. The summed E-state index contributed by atoms with van der Waals surface area (Å²) < 4.78 is 39.5. The number of hydrogen-bond donors (Lipinski definition) is 0. The lowest BCUT2D eigenvalue weighted by molar-refractivity contribution is -0.128. The van der Waals surface area contributed by atoms with E-state index in [1.54, 1.807) is 14.1 Å². The van der Waals surface area contributed by atoms with E-state index in [-0.39, 0.29) is 25.7 Å². The zero-order chi connectivity index (χ0) is 15.4. The van der Waals surface area contributed by atoms with Gasteiger partial charge in [-0.05, 0) is 12.5 Å². The van der Waals surface area contributed by atoms with E-state index < -0.39 is 11.8 Å². The lowest BCUT2D eigenvalue weighted by Gasteiger charge is -2.08. The summed E-state index contributed by atoms with van der Waals surface area (Å²) in [5, 5.41) is 0. The zero-order valence-electron chi connectivity index (χ0n) is 12.0. The molecular weight excluding hydrogens is 272 g/mol. The second-order valence-corrected chi connectivity index (χ2v) is 4.02. The van der Waals surface area contributed by atoms with Crippen molar-refractivity contribution in [3.8, 4) is 0 Å². The molecule has 0 saturated heterocycles. The molecule has 0 N–H and O–H groups in total. The van der Waals surface area contributed by atoms with E-state index in [1.807, 2.05) is 0 Å². The Bertz CT molecular complexity index is 339. The van der Waals surface area contributed by atoms with Crippen molar-refractivity contribution in [1.82, 2.24) is 4.90 Å². The molecule has 0 rings (SSSR count). The summed E-state index contributed by atoms with van der Waals surface area (Å²) in [7, 11) is 4.78. The highest BCUT2D eigenvalue weighted by molar-refractivity contribution is 5.75. The third kappa shape index (κ3) is 9.46. The largest absolute Gasteiger partial charge is 0.462 e. The molecule has 0 aromatic carbocycles. The average Bonchev–Trinajstić information content (AvgIpc) is 2.39. The van der Waals surface area contributed by atoms with Crippen molar-refractivity contribution in [2.24, 2.45) is 0 Å². The molecule has 1 amide bonds. The van der Waals surface area contributed by atoms with Crippen LogP contribution in [0.15, 0.2) is 24.0 Å². The van der Waals surface area contributed by atoms with E-state index in [0.29, 0.717) is 13.0 Å². The molecule has 0 fully saturated rings. The second kappa shape index (κ2) is 11.4. The number of carbonyl (C=O) groups excluding carboxylic acids is 1. The molecule has 0 aliphatic carbocycles. The van der Waals surface area contributed by atoms with Crippen molar-refractivity contribution in [1.29, 1.82) is 0 Å². The van der Waals surface area contributed by atoms with Gasteiger partial charge in [-0.25, -0.2) is 0 Å². The Morgan fingerprint density at radius 3 is 2.50 bits per heavy atom. The molecule has 0 heterocycles. The van der Waals surface area contributed by atoms with Crippen LogP contribution < -0.4 is 0 Å². The normalized spacial score (nSPS) is 10.7. The minimum absolute atomic E-state index is 0.0651. The van der Waals surface area contributed by atoms with Gasteiger partial charge in [0.2, 0.25) is 5.91 Å². The Hall–Kier alpha value is -1.47. The quantitative estimate of drug-likeness (QED) is 0.268. The van der Waals surface area contributed by atoms with Gasteiger partial charge in [0.15, 0.2) is 12.6 Å². The van der Waals surface area contributed by atoms with Crippen LogP contribution in [0.1, 0.15) is 12.8 Å². The number of hydrogen-bond acceptors (Lipinski definition) is 4. The molecule has 0 aliphatic rings. The number of ether oxygens (including phenoxy) is 3. The first-order valence-electron chi connectivity index (χ1n) is 6.10. The number of methoxy groups -OCH3 is 1. The van der Waals surface area contributed by atoms with Gasteiger partial charge in [-0.1, -0.05) is 6.08 Å². The summed E-state index contributed by atoms with van der Waals surface area (Å²) in [6, 6.07) is 0. The van der Waals surface area contributed by atoms with Crippen LogP contribution >= 0.6 is 0 Å². The van der Waals surface area contributed by atoms with Crippen molar-refractivity contribution < 1.29 is 27.8 Å². The number of amides is 1. The van der Waals surface area contributed by atoms with Gasteiger partial charge in [-0.15, -0.1) is 0 Å². The van der Waals surface area contributed by atoms with Gasteiger partial charge in [-0.3, -0.25) is 4.79 Å². The topological polar surface area (TPSA) is 48.0 Å². The highest BCUT2D eigenvalue weighted by Crippen LogP contribution is 2.11. The van der Waals surface area contributed by atoms with Crippen LogP contribution in [-0.2, 0) is 19.0 Å². The maximum Gasteiger partial charge on any atom is 0.311 e. The Kier molecular flexibility index (Phi) is 10.5. The summed E-state index contributed by atoms with van der Waals surface area (Å²) >= 11 is 0. The Labute approximate surface area is 117 Å². The molecule has 5 nitrogen and oxygen atoms in total. The Morgan fingerprint density at radius 1 is 1.25 bits per heavy atom. The molecule has 7 heteroatoms. The van der Waals surface area contributed by atoms with Gasteiger partial charge in [0.1, 0.15) is 0 Å². The van der Waals surface area contributed by atoms with Gasteiger partial charge in [-0.2, -0.15) is 8.78 Å². The van der Waals surface area contributed by atoms with Crippen LogP contribution in [0.4, 0.5) is 8.78 Å². The van der Waals surface area contributed by atoms with Crippen LogP contribution in [-0.4, -0.2) is 52.0 Å². The third-order valence-corrected chi connectivity index (χ3v) is 2.21. The van der Waals surface area contributed by atoms with Gasteiger partial charge in [0, 0.05) is 27.6 Å². The molecule has 0 aliphatic heterocycles. The summed E-state index contributed by atoms with van der Waals surface area (Å²) in [6.45, 7) is 0.346. The van der Waals surface area contributed by atoms with Crippen LogP contribution in [0, 0.1) is 0 Å². The minimum atomic E-state index is -1.93. The first-order chi connectivity index (χ1) is 9.49. The molecule has 0 saturated carbocycles. The molecular formula is C13H21F2NO4. The highest BCUT2D eigenvalue weighted by Gasteiger charge is 2.05. The van der Waals surface area contributed by atoms with Crippen molar-refractivity contribution >= 4 is 5.91 Å². The Balaban J connectivity index is 4.03. The molecule has 0 atom stereocenters. The number of carbonyl (C=O) groups is 1. The predicted molar refractivity (Wildman–Crippen MR) is 70.1 cm³/mol. The molecule has 0 unspecified atom stereocenters. The van der Waals surface area contributed by atoms with Crippen LogP contribution in [0.2, 0.25) is 0 Å². The van der Waals surface area contributed by atoms with E-state index >= 15 is 0 Å². The molecule has 0 aromatic heterocycles. The maximum absolute atomic E-state index is 12.5. The van der Waals surface area contributed by atoms with E-state index in [0.717, 1.165) is 6.08 Å². The second-order valence-electron chi connectivity index (χ2n) is 4.02. The van der Waals surface area contributed by atoms with Gasteiger partial charge in [0.25, 0.3) is 0 Å². The Morgan fingerprint density at radius 2 is 1.95 bits per heavy atom. The van der Waals surface area contributed by atoms with E-state index in [4.69, 9.17) is 14.2 Å². The molecule has 116 valence electrons. The highest BCUT2D eigenvalue weighted by atomic mass is 19.3. The summed E-state index contributed by atoms with van der Waals surface area (Å²) in [5.74, 6) is -0.621. The molecule has 20 heavy (non-hydrogen) atoms. The number of halogens is 2. The van der Waals surface area contributed by atoms with Gasteiger partial charge >= 0.3 is 6.08 Å². The number of allylic oxidation sites excluding steroid dienone is 2. The summed E-state index contributed by atoms with van der Waals surface area (Å²) in [5.41, 5.74) is 0. The average molecular weight is 293 g/mol. The van der Waals surface area contributed by atoms with Gasteiger partial charge < -0.3 is 19.1 Å². The monoisotopic (exact) mass is 293 g/mol. The molecule has 0 spiro atoms. The minimum Gasteiger partial charge on any atom is -0.462 e. The summed E-state index contributed by atoms with van der Waals surface area (Å²) in [6.07, 6.45) is 1.29. The smallest absolute Gasteiger partial charge is 0.311 e. The van der Waals surface area contributed by atoms with Crippen molar-refractivity contribution in [3.63, 3.8) is 0 Å². The fourth-order valence-corrected chi connectivity index (χ4v) is 1.09. The molecule has 0 bridgehead atoms. The molecule has 0 aromatic rings. The number of rotatable bonds is 10.